The summed E-state index contributed by atoms with van der Waals surface area (Å²) in [5, 5.41) is 3.62. The predicted octanol–water partition coefficient (Wildman–Crippen LogP) is 6.29. The van der Waals surface area contributed by atoms with Crippen LogP contribution in [0.1, 0.15) is 24.0 Å². The van der Waals surface area contributed by atoms with Crippen molar-refractivity contribution in [3.8, 4) is 11.5 Å². The molecule has 1 unspecified atom stereocenters. The SMILES string of the molecule is Cc1cccc(CN2CCCC(C(=O)Nc3cc(Cl)ccc3Oc3ccccc3)C2)c1. The Morgan fingerprint density at radius 2 is 1.94 bits per heavy atom. The predicted molar refractivity (Wildman–Crippen MR) is 126 cm³/mol. The highest BCUT2D eigenvalue weighted by molar-refractivity contribution is 6.31. The minimum Gasteiger partial charge on any atom is -0.455 e. The summed E-state index contributed by atoms with van der Waals surface area (Å²) in [6.07, 6.45) is 1.89. The van der Waals surface area contributed by atoms with E-state index in [0.29, 0.717) is 22.2 Å². The van der Waals surface area contributed by atoms with Crippen LogP contribution in [0, 0.1) is 12.8 Å². The second-order valence-corrected chi connectivity index (χ2v) is 8.54. The molecule has 160 valence electrons. The maximum absolute atomic E-state index is 13.1. The number of halogens is 1. The fourth-order valence-electron chi connectivity index (χ4n) is 4.02. The van der Waals surface area contributed by atoms with Gasteiger partial charge in [0, 0.05) is 18.1 Å². The molecule has 0 radical (unpaired) electrons. The molecular formula is C26H27ClN2O2. The second kappa shape index (κ2) is 9.99. The molecule has 1 heterocycles. The van der Waals surface area contributed by atoms with E-state index in [2.05, 4.69) is 41.4 Å². The van der Waals surface area contributed by atoms with Crippen molar-refractivity contribution >= 4 is 23.2 Å². The molecule has 31 heavy (non-hydrogen) atoms. The Morgan fingerprint density at radius 3 is 2.74 bits per heavy atom. The maximum Gasteiger partial charge on any atom is 0.228 e. The number of para-hydroxylation sites is 1. The van der Waals surface area contributed by atoms with Crippen LogP contribution in [-0.2, 0) is 11.3 Å². The van der Waals surface area contributed by atoms with Gasteiger partial charge in [-0.3, -0.25) is 9.69 Å². The van der Waals surface area contributed by atoms with Gasteiger partial charge in [0.2, 0.25) is 5.91 Å². The van der Waals surface area contributed by atoms with E-state index in [9.17, 15) is 4.79 Å². The molecule has 0 spiro atoms. The Hall–Kier alpha value is -2.82. The number of carbonyl (C=O) groups is 1. The van der Waals surface area contributed by atoms with Gasteiger partial charge < -0.3 is 10.1 Å². The number of aryl methyl sites for hydroxylation is 1. The third-order valence-electron chi connectivity index (χ3n) is 5.54. The first kappa shape index (κ1) is 21.4. The number of amides is 1. The van der Waals surface area contributed by atoms with Crippen LogP contribution in [0.4, 0.5) is 5.69 Å². The van der Waals surface area contributed by atoms with Gasteiger partial charge in [-0.2, -0.15) is 0 Å². The molecule has 0 saturated carbocycles. The van der Waals surface area contributed by atoms with Crippen LogP contribution in [0.25, 0.3) is 0 Å². The lowest BCUT2D eigenvalue weighted by atomic mass is 9.96. The summed E-state index contributed by atoms with van der Waals surface area (Å²) >= 11 is 6.20. The van der Waals surface area contributed by atoms with Crippen molar-refractivity contribution in [3.05, 3.63) is 88.9 Å². The van der Waals surface area contributed by atoms with E-state index in [1.54, 1.807) is 18.2 Å². The van der Waals surface area contributed by atoms with Crippen molar-refractivity contribution < 1.29 is 9.53 Å². The lowest BCUT2D eigenvalue weighted by molar-refractivity contribution is -0.121. The number of piperidine rings is 1. The molecule has 0 aromatic heterocycles. The van der Waals surface area contributed by atoms with Crippen molar-refractivity contribution in [2.75, 3.05) is 18.4 Å². The molecule has 3 aromatic carbocycles. The molecule has 5 heteroatoms. The zero-order valence-corrected chi connectivity index (χ0v) is 18.4. The third-order valence-corrected chi connectivity index (χ3v) is 5.77. The lowest BCUT2D eigenvalue weighted by Gasteiger charge is -2.32. The third kappa shape index (κ3) is 5.87. The molecular weight excluding hydrogens is 408 g/mol. The van der Waals surface area contributed by atoms with Crippen LogP contribution in [0.5, 0.6) is 11.5 Å². The van der Waals surface area contributed by atoms with Gasteiger partial charge in [-0.15, -0.1) is 0 Å². The van der Waals surface area contributed by atoms with Crippen molar-refractivity contribution in [2.24, 2.45) is 5.92 Å². The quantitative estimate of drug-likeness (QED) is 0.495. The van der Waals surface area contributed by atoms with Gasteiger partial charge in [0.1, 0.15) is 5.75 Å². The summed E-state index contributed by atoms with van der Waals surface area (Å²) in [5.41, 5.74) is 3.14. The molecule has 1 amide bonds. The number of likely N-dealkylation sites (tertiary alicyclic amines) is 1. The van der Waals surface area contributed by atoms with Crippen molar-refractivity contribution in [1.82, 2.24) is 4.90 Å². The minimum atomic E-state index is -0.0675. The Labute approximate surface area is 188 Å². The average Bonchev–Trinajstić information content (AvgIpc) is 2.76. The zero-order chi connectivity index (χ0) is 21.6. The van der Waals surface area contributed by atoms with E-state index >= 15 is 0 Å². The molecule has 1 atom stereocenters. The van der Waals surface area contributed by atoms with E-state index < -0.39 is 0 Å². The lowest BCUT2D eigenvalue weighted by Crippen LogP contribution is -2.40. The Balaban J connectivity index is 1.43. The van der Waals surface area contributed by atoms with E-state index in [1.807, 2.05) is 30.3 Å². The summed E-state index contributed by atoms with van der Waals surface area (Å²) in [7, 11) is 0. The molecule has 1 N–H and O–H groups in total. The van der Waals surface area contributed by atoms with Crippen LogP contribution in [0.2, 0.25) is 5.02 Å². The van der Waals surface area contributed by atoms with Crippen LogP contribution in [-0.4, -0.2) is 23.9 Å². The highest BCUT2D eigenvalue weighted by Gasteiger charge is 2.26. The molecule has 1 aliphatic rings. The normalized spacial score (nSPS) is 16.6. The summed E-state index contributed by atoms with van der Waals surface area (Å²) < 4.78 is 5.98. The monoisotopic (exact) mass is 434 g/mol. The summed E-state index contributed by atoms with van der Waals surface area (Å²) in [4.78, 5) is 15.5. The van der Waals surface area contributed by atoms with Gasteiger partial charge in [-0.05, 0) is 62.2 Å². The smallest absolute Gasteiger partial charge is 0.228 e. The molecule has 1 saturated heterocycles. The van der Waals surface area contributed by atoms with Crippen molar-refractivity contribution in [3.63, 3.8) is 0 Å². The molecule has 4 rings (SSSR count). The molecule has 3 aromatic rings. The highest BCUT2D eigenvalue weighted by atomic mass is 35.5. The van der Waals surface area contributed by atoms with Crippen LogP contribution >= 0.6 is 11.6 Å². The van der Waals surface area contributed by atoms with E-state index in [1.165, 1.54) is 11.1 Å². The fraction of sp³-hybridized carbons (Fsp3) is 0.269. The van der Waals surface area contributed by atoms with Gasteiger partial charge in [-0.1, -0.05) is 59.6 Å². The molecule has 1 fully saturated rings. The number of benzene rings is 3. The number of anilines is 1. The number of nitrogens with zero attached hydrogens (tertiary/aromatic N) is 1. The van der Waals surface area contributed by atoms with E-state index in [4.69, 9.17) is 16.3 Å². The standard InChI is InChI=1S/C26H27ClN2O2/c1-19-7-5-8-20(15-19)17-29-14-6-9-21(18-29)26(30)28-24-16-22(27)12-13-25(24)31-23-10-3-2-4-11-23/h2-5,7-8,10-13,15-16,21H,6,9,14,17-18H2,1H3,(H,28,30). The number of hydrogen-bond acceptors (Lipinski definition) is 3. The first-order valence-corrected chi connectivity index (χ1v) is 11.1. The number of hydrogen-bond donors (Lipinski definition) is 1. The molecule has 0 aliphatic carbocycles. The Kier molecular flexibility index (Phi) is 6.90. The number of carbonyl (C=O) groups excluding carboxylic acids is 1. The summed E-state index contributed by atoms with van der Waals surface area (Å²) in [5.74, 6) is 1.23. The first-order valence-electron chi connectivity index (χ1n) is 10.7. The minimum absolute atomic E-state index is 0.00844. The largest absolute Gasteiger partial charge is 0.455 e. The van der Waals surface area contributed by atoms with Gasteiger partial charge in [0.05, 0.1) is 11.6 Å². The van der Waals surface area contributed by atoms with E-state index in [0.717, 1.165) is 32.5 Å². The highest BCUT2D eigenvalue weighted by Crippen LogP contribution is 2.33. The van der Waals surface area contributed by atoms with Crippen LogP contribution < -0.4 is 10.1 Å². The number of ether oxygens (including phenoxy) is 1. The van der Waals surface area contributed by atoms with Crippen LogP contribution in [0.15, 0.2) is 72.8 Å². The van der Waals surface area contributed by atoms with Crippen molar-refractivity contribution in [1.29, 1.82) is 0 Å². The van der Waals surface area contributed by atoms with Gasteiger partial charge in [-0.25, -0.2) is 0 Å². The average molecular weight is 435 g/mol. The Morgan fingerprint density at radius 1 is 1.10 bits per heavy atom. The van der Waals surface area contributed by atoms with E-state index in [-0.39, 0.29) is 11.8 Å². The zero-order valence-electron chi connectivity index (χ0n) is 17.7. The first-order chi connectivity index (χ1) is 15.1. The number of nitrogens with one attached hydrogen (secondary N) is 1. The Bertz CT molecular complexity index is 1040. The van der Waals surface area contributed by atoms with Gasteiger partial charge >= 0.3 is 0 Å². The maximum atomic E-state index is 13.1. The second-order valence-electron chi connectivity index (χ2n) is 8.11. The molecule has 0 bridgehead atoms. The summed E-state index contributed by atoms with van der Waals surface area (Å²) in [6, 6.07) is 23.4. The number of rotatable bonds is 6. The van der Waals surface area contributed by atoms with Gasteiger partial charge in [0.15, 0.2) is 5.75 Å². The topological polar surface area (TPSA) is 41.6 Å². The van der Waals surface area contributed by atoms with Crippen LogP contribution in [0.3, 0.4) is 0 Å². The fourth-order valence-corrected chi connectivity index (χ4v) is 4.19. The van der Waals surface area contributed by atoms with Gasteiger partial charge in [0.25, 0.3) is 0 Å². The molecule has 1 aliphatic heterocycles. The summed E-state index contributed by atoms with van der Waals surface area (Å²) in [6.45, 7) is 4.73. The van der Waals surface area contributed by atoms with Crippen molar-refractivity contribution in [2.45, 2.75) is 26.3 Å². The molecule has 4 nitrogen and oxygen atoms in total.